The van der Waals surface area contributed by atoms with E-state index < -0.39 is 5.82 Å². The van der Waals surface area contributed by atoms with Crippen LogP contribution in [0.1, 0.15) is 12.0 Å². The summed E-state index contributed by atoms with van der Waals surface area (Å²) in [6.45, 7) is 0. The van der Waals surface area contributed by atoms with E-state index in [1.54, 1.807) is 12.1 Å². The van der Waals surface area contributed by atoms with Crippen molar-refractivity contribution < 1.29 is 13.6 Å². The number of hydrogen-bond donors (Lipinski definition) is 1. The Morgan fingerprint density at radius 2 is 1.95 bits per heavy atom. The highest BCUT2D eigenvalue weighted by Crippen LogP contribution is 2.19. The lowest BCUT2D eigenvalue weighted by Crippen LogP contribution is -2.13. The minimum atomic E-state index is -0.548. The fourth-order valence-electron chi connectivity index (χ4n) is 1.76. The summed E-state index contributed by atoms with van der Waals surface area (Å²) < 4.78 is 26.4. The van der Waals surface area contributed by atoms with Crippen LogP contribution in [0.25, 0.3) is 0 Å². The molecule has 2 aromatic rings. The molecule has 5 heteroatoms. The van der Waals surface area contributed by atoms with Crippen LogP contribution >= 0.6 is 11.6 Å². The molecule has 0 aliphatic carbocycles. The zero-order chi connectivity index (χ0) is 14.5. The van der Waals surface area contributed by atoms with Crippen molar-refractivity contribution in [2.24, 2.45) is 0 Å². The molecule has 0 aromatic heterocycles. The van der Waals surface area contributed by atoms with Crippen molar-refractivity contribution in [2.45, 2.75) is 12.8 Å². The number of amides is 1. The predicted octanol–water partition coefficient (Wildman–Crippen LogP) is 4.19. The second-order valence-electron chi connectivity index (χ2n) is 4.30. The lowest BCUT2D eigenvalue weighted by Gasteiger charge is -2.07. The standard InChI is InChI=1S/C15H12ClF2NO/c16-11-5-6-13(18)14(9-11)19-15(20)7-4-10-2-1-3-12(17)8-10/h1-3,5-6,8-9H,4,7H2,(H,19,20). The van der Waals surface area contributed by atoms with Gasteiger partial charge in [-0.2, -0.15) is 0 Å². The van der Waals surface area contributed by atoms with Crippen LogP contribution in [0.5, 0.6) is 0 Å². The van der Waals surface area contributed by atoms with Gasteiger partial charge in [-0.25, -0.2) is 8.78 Å². The molecule has 2 aromatic carbocycles. The van der Waals surface area contributed by atoms with Crippen LogP contribution in [0.2, 0.25) is 5.02 Å². The molecule has 0 fully saturated rings. The molecule has 0 heterocycles. The highest BCUT2D eigenvalue weighted by Gasteiger charge is 2.08. The van der Waals surface area contributed by atoms with Gasteiger partial charge in [0.2, 0.25) is 5.91 Å². The molecule has 0 aliphatic heterocycles. The number of rotatable bonds is 4. The summed E-state index contributed by atoms with van der Waals surface area (Å²) in [5.74, 6) is -1.24. The van der Waals surface area contributed by atoms with Crippen LogP contribution in [0.15, 0.2) is 42.5 Å². The SMILES string of the molecule is O=C(CCc1cccc(F)c1)Nc1cc(Cl)ccc1F. The minimum absolute atomic E-state index is 0.0433. The first kappa shape index (κ1) is 14.5. The third-order valence-corrected chi connectivity index (χ3v) is 2.97. The molecule has 0 spiro atoms. The number of halogens is 3. The Balaban J connectivity index is 1.94. The number of carbonyl (C=O) groups excluding carboxylic acids is 1. The van der Waals surface area contributed by atoms with Crippen LogP contribution < -0.4 is 5.32 Å². The van der Waals surface area contributed by atoms with Gasteiger partial charge in [-0.1, -0.05) is 23.7 Å². The Bertz CT molecular complexity index is 631. The van der Waals surface area contributed by atoms with Crippen molar-refractivity contribution in [2.75, 3.05) is 5.32 Å². The van der Waals surface area contributed by atoms with Crippen molar-refractivity contribution in [1.82, 2.24) is 0 Å². The molecular formula is C15H12ClF2NO. The second kappa shape index (κ2) is 6.48. The van der Waals surface area contributed by atoms with E-state index >= 15 is 0 Å². The van der Waals surface area contributed by atoms with Crippen molar-refractivity contribution in [3.05, 3.63) is 64.7 Å². The number of aryl methyl sites for hydroxylation is 1. The van der Waals surface area contributed by atoms with Gasteiger partial charge in [-0.3, -0.25) is 4.79 Å². The lowest BCUT2D eigenvalue weighted by atomic mass is 10.1. The van der Waals surface area contributed by atoms with E-state index in [1.165, 1.54) is 30.3 Å². The van der Waals surface area contributed by atoms with Gasteiger partial charge in [0, 0.05) is 11.4 Å². The van der Waals surface area contributed by atoms with Gasteiger partial charge >= 0.3 is 0 Å². The highest BCUT2D eigenvalue weighted by atomic mass is 35.5. The average molecular weight is 296 g/mol. The quantitative estimate of drug-likeness (QED) is 0.900. The number of carbonyl (C=O) groups is 1. The van der Waals surface area contributed by atoms with Crippen molar-refractivity contribution in [3.8, 4) is 0 Å². The Labute approximate surface area is 120 Å². The first-order valence-corrected chi connectivity index (χ1v) is 6.42. The molecule has 0 bridgehead atoms. The van der Waals surface area contributed by atoms with Crippen molar-refractivity contribution >= 4 is 23.2 Å². The molecule has 0 saturated carbocycles. The molecule has 1 N–H and O–H groups in total. The zero-order valence-corrected chi connectivity index (χ0v) is 11.3. The Morgan fingerprint density at radius 1 is 1.15 bits per heavy atom. The molecule has 20 heavy (non-hydrogen) atoms. The zero-order valence-electron chi connectivity index (χ0n) is 10.5. The summed E-state index contributed by atoms with van der Waals surface area (Å²) in [7, 11) is 0. The minimum Gasteiger partial charge on any atom is -0.324 e. The van der Waals surface area contributed by atoms with E-state index in [1.807, 2.05) is 0 Å². The van der Waals surface area contributed by atoms with Gasteiger partial charge in [0.1, 0.15) is 11.6 Å². The number of benzene rings is 2. The predicted molar refractivity (Wildman–Crippen MR) is 74.8 cm³/mol. The Kier molecular flexibility index (Phi) is 4.69. The summed E-state index contributed by atoms with van der Waals surface area (Å²) >= 11 is 5.73. The third kappa shape index (κ3) is 4.03. The average Bonchev–Trinajstić information content (AvgIpc) is 2.41. The molecule has 2 nitrogen and oxygen atoms in total. The fraction of sp³-hybridized carbons (Fsp3) is 0.133. The maximum atomic E-state index is 13.4. The van der Waals surface area contributed by atoms with Gasteiger partial charge in [0.25, 0.3) is 0 Å². The van der Waals surface area contributed by atoms with Gasteiger partial charge in [-0.15, -0.1) is 0 Å². The molecule has 2 rings (SSSR count). The summed E-state index contributed by atoms with van der Waals surface area (Å²) in [5, 5.41) is 2.78. The third-order valence-electron chi connectivity index (χ3n) is 2.73. The van der Waals surface area contributed by atoms with Crippen LogP contribution in [-0.2, 0) is 11.2 Å². The lowest BCUT2D eigenvalue weighted by molar-refractivity contribution is -0.116. The molecule has 104 valence electrons. The van der Waals surface area contributed by atoms with Crippen LogP contribution in [0.3, 0.4) is 0 Å². The smallest absolute Gasteiger partial charge is 0.224 e. The van der Waals surface area contributed by atoms with E-state index in [0.29, 0.717) is 17.0 Å². The fourth-order valence-corrected chi connectivity index (χ4v) is 1.93. The number of hydrogen-bond acceptors (Lipinski definition) is 1. The second-order valence-corrected chi connectivity index (χ2v) is 4.74. The monoisotopic (exact) mass is 295 g/mol. The Morgan fingerprint density at radius 3 is 2.70 bits per heavy atom. The summed E-state index contributed by atoms with van der Waals surface area (Å²) in [6.07, 6.45) is 0.515. The van der Waals surface area contributed by atoms with E-state index in [0.717, 1.165) is 0 Å². The topological polar surface area (TPSA) is 29.1 Å². The molecular weight excluding hydrogens is 284 g/mol. The van der Waals surface area contributed by atoms with Gasteiger partial charge in [0.15, 0.2) is 0 Å². The van der Waals surface area contributed by atoms with Crippen molar-refractivity contribution in [1.29, 1.82) is 0 Å². The highest BCUT2D eigenvalue weighted by molar-refractivity contribution is 6.30. The van der Waals surface area contributed by atoms with Gasteiger partial charge in [0.05, 0.1) is 5.69 Å². The molecule has 0 saturated heterocycles. The molecule has 0 atom stereocenters. The largest absolute Gasteiger partial charge is 0.324 e. The Hall–Kier alpha value is -1.94. The van der Waals surface area contributed by atoms with E-state index in [-0.39, 0.29) is 23.8 Å². The van der Waals surface area contributed by atoms with E-state index in [2.05, 4.69) is 5.32 Å². The number of anilines is 1. The summed E-state index contributed by atoms with van der Waals surface area (Å²) in [5.41, 5.74) is 0.758. The maximum Gasteiger partial charge on any atom is 0.224 e. The normalized spacial score (nSPS) is 10.3. The van der Waals surface area contributed by atoms with Crippen LogP contribution in [0, 0.1) is 11.6 Å². The summed E-state index contributed by atoms with van der Waals surface area (Å²) in [4.78, 5) is 11.7. The molecule has 1 amide bonds. The maximum absolute atomic E-state index is 13.4. The van der Waals surface area contributed by atoms with Crippen LogP contribution in [-0.4, -0.2) is 5.91 Å². The molecule has 0 radical (unpaired) electrons. The number of nitrogens with one attached hydrogen (secondary N) is 1. The van der Waals surface area contributed by atoms with E-state index in [4.69, 9.17) is 11.6 Å². The van der Waals surface area contributed by atoms with Gasteiger partial charge < -0.3 is 5.32 Å². The van der Waals surface area contributed by atoms with Crippen LogP contribution in [0.4, 0.5) is 14.5 Å². The van der Waals surface area contributed by atoms with E-state index in [9.17, 15) is 13.6 Å². The first-order valence-electron chi connectivity index (χ1n) is 6.04. The van der Waals surface area contributed by atoms with Gasteiger partial charge in [-0.05, 0) is 42.3 Å². The molecule has 0 unspecified atom stereocenters. The molecule has 0 aliphatic rings. The summed E-state index contributed by atoms with van der Waals surface area (Å²) in [6, 6.07) is 9.95. The van der Waals surface area contributed by atoms with Crippen molar-refractivity contribution in [3.63, 3.8) is 0 Å². The first-order chi connectivity index (χ1) is 9.54.